The molecule has 18 heavy (non-hydrogen) atoms. The quantitative estimate of drug-likeness (QED) is 0.757. The van der Waals surface area contributed by atoms with Crippen molar-refractivity contribution in [3.63, 3.8) is 0 Å². The molecule has 1 amide bonds. The Bertz CT molecular complexity index is 396. The molecule has 2 aliphatic rings. The fraction of sp³-hybridized carbons (Fsp3) is 0.917. The van der Waals surface area contributed by atoms with E-state index in [1.807, 2.05) is 11.8 Å². The summed E-state index contributed by atoms with van der Waals surface area (Å²) in [6.07, 6.45) is 3.81. The van der Waals surface area contributed by atoms with Gasteiger partial charge in [0.2, 0.25) is 15.9 Å². The monoisotopic (exact) mass is 274 g/mol. The van der Waals surface area contributed by atoms with Crippen molar-refractivity contribution in [3.8, 4) is 0 Å². The van der Waals surface area contributed by atoms with Crippen molar-refractivity contribution in [2.45, 2.75) is 32.6 Å². The molecule has 104 valence electrons. The van der Waals surface area contributed by atoms with Crippen molar-refractivity contribution in [2.75, 3.05) is 31.9 Å². The molecule has 0 aromatic rings. The van der Waals surface area contributed by atoms with Crippen LogP contribution < -0.4 is 0 Å². The molecule has 2 fully saturated rings. The second-order valence-corrected chi connectivity index (χ2v) is 7.26. The molecule has 0 unspecified atom stereocenters. The van der Waals surface area contributed by atoms with E-state index in [1.54, 1.807) is 0 Å². The Labute approximate surface area is 109 Å². The van der Waals surface area contributed by atoms with Gasteiger partial charge >= 0.3 is 0 Å². The highest BCUT2D eigenvalue weighted by Crippen LogP contribution is 2.28. The Morgan fingerprint density at radius 1 is 1.17 bits per heavy atom. The van der Waals surface area contributed by atoms with Crippen molar-refractivity contribution in [1.29, 1.82) is 0 Å². The number of piperazine rings is 1. The summed E-state index contributed by atoms with van der Waals surface area (Å²) in [5.41, 5.74) is 0. The zero-order valence-corrected chi connectivity index (χ0v) is 11.8. The normalized spacial score (nSPS) is 22.8. The third kappa shape index (κ3) is 2.85. The van der Waals surface area contributed by atoms with Gasteiger partial charge in [-0.15, -0.1) is 0 Å². The topological polar surface area (TPSA) is 57.7 Å². The average molecular weight is 274 g/mol. The zero-order chi connectivity index (χ0) is 13.2. The second-order valence-electron chi connectivity index (χ2n) is 5.17. The van der Waals surface area contributed by atoms with E-state index in [0.29, 0.717) is 32.6 Å². The lowest BCUT2D eigenvalue weighted by Gasteiger charge is -2.37. The van der Waals surface area contributed by atoms with E-state index < -0.39 is 10.0 Å². The smallest absolute Gasteiger partial charge is 0.225 e. The van der Waals surface area contributed by atoms with E-state index in [1.165, 1.54) is 4.31 Å². The van der Waals surface area contributed by atoms with Crippen LogP contribution in [0.3, 0.4) is 0 Å². The molecule has 1 heterocycles. The lowest BCUT2D eigenvalue weighted by molar-refractivity contribution is -0.139. The van der Waals surface area contributed by atoms with Gasteiger partial charge in [-0.2, -0.15) is 4.31 Å². The highest BCUT2D eigenvalue weighted by Gasteiger charge is 2.33. The molecule has 0 spiro atoms. The summed E-state index contributed by atoms with van der Waals surface area (Å²) in [6.45, 7) is 3.89. The summed E-state index contributed by atoms with van der Waals surface area (Å²) in [7, 11) is -3.10. The molecule has 1 aliphatic carbocycles. The number of sulfonamides is 1. The first-order valence-corrected chi connectivity index (χ1v) is 8.42. The van der Waals surface area contributed by atoms with Crippen LogP contribution >= 0.6 is 0 Å². The zero-order valence-electron chi connectivity index (χ0n) is 11.0. The van der Waals surface area contributed by atoms with Gasteiger partial charge in [0.25, 0.3) is 0 Å². The van der Waals surface area contributed by atoms with Crippen molar-refractivity contribution in [2.24, 2.45) is 5.92 Å². The molecule has 0 bridgehead atoms. The van der Waals surface area contributed by atoms with E-state index in [4.69, 9.17) is 0 Å². The van der Waals surface area contributed by atoms with Gasteiger partial charge in [0.15, 0.2) is 0 Å². The van der Waals surface area contributed by atoms with Crippen molar-refractivity contribution < 1.29 is 13.2 Å². The highest BCUT2D eigenvalue weighted by molar-refractivity contribution is 7.89. The maximum atomic E-state index is 12.0. The van der Waals surface area contributed by atoms with Gasteiger partial charge in [-0.3, -0.25) is 4.79 Å². The van der Waals surface area contributed by atoms with Crippen LogP contribution in [0, 0.1) is 5.92 Å². The third-order valence-corrected chi connectivity index (χ3v) is 5.94. The van der Waals surface area contributed by atoms with Crippen LogP contribution in [0.1, 0.15) is 32.6 Å². The Morgan fingerprint density at radius 3 is 2.22 bits per heavy atom. The van der Waals surface area contributed by atoms with Gasteiger partial charge < -0.3 is 4.90 Å². The Kier molecular flexibility index (Phi) is 4.27. The number of nitrogens with zero attached hydrogens (tertiary/aromatic N) is 2. The second kappa shape index (κ2) is 5.57. The number of carbonyl (C=O) groups is 1. The summed E-state index contributed by atoms with van der Waals surface area (Å²) >= 11 is 0. The summed E-state index contributed by atoms with van der Waals surface area (Å²) in [6, 6.07) is 0. The number of hydrogen-bond acceptors (Lipinski definition) is 3. The van der Waals surface area contributed by atoms with Gasteiger partial charge in [-0.05, 0) is 19.3 Å². The molecule has 0 N–H and O–H groups in total. The van der Waals surface area contributed by atoms with Gasteiger partial charge in [0.05, 0.1) is 5.75 Å². The Hall–Kier alpha value is -0.620. The molecule has 0 aromatic heterocycles. The van der Waals surface area contributed by atoms with Crippen molar-refractivity contribution >= 4 is 15.9 Å². The van der Waals surface area contributed by atoms with Gasteiger partial charge in [-0.25, -0.2) is 8.42 Å². The Balaban J connectivity index is 1.86. The largest absolute Gasteiger partial charge is 0.340 e. The molecule has 0 aromatic carbocycles. The van der Waals surface area contributed by atoms with Crippen LogP contribution in [0.25, 0.3) is 0 Å². The van der Waals surface area contributed by atoms with E-state index in [-0.39, 0.29) is 17.6 Å². The first kappa shape index (κ1) is 13.8. The lowest BCUT2D eigenvalue weighted by Crippen LogP contribution is -2.52. The maximum Gasteiger partial charge on any atom is 0.225 e. The van der Waals surface area contributed by atoms with Crippen LogP contribution in [0.5, 0.6) is 0 Å². The van der Waals surface area contributed by atoms with Crippen LogP contribution in [0.2, 0.25) is 0 Å². The number of rotatable bonds is 4. The lowest BCUT2D eigenvalue weighted by atomic mass is 9.84. The summed E-state index contributed by atoms with van der Waals surface area (Å²) < 4.78 is 25.3. The van der Waals surface area contributed by atoms with E-state index in [9.17, 15) is 13.2 Å². The fourth-order valence-corrected chi connectivity index (χ4v) is 3.98. The minimum absolute atomic E-state index is 0.212. The number of hydrogen-bond donors (Lipinski definition) is 0. The molecule has 6 heteroatoms. The molecule has 1 aliphatic heterocycles. The number of amides is 1. The first-order valence-electron chi connectivity index (χ1n) is 6.81. The molecular weight excluding hydrogens is 252 g/mol. The predicted octanol–water partition coefficient (Wildman–Crippen LogP) is 0.670. The molecule has 1 saturated heterocycles. The SMILES string of the molecule is CCCS(=O)(=O)N1CCN(C(=O)C2CCC2)CC1. The van der Waals surface area contributed by atoms with Gasteiger partial charge in [0, 0.05) is 32.1 Å². The highest BCUT2D eigenvalue weighted by atomic mass is 32.2. The standard InChI is InChI=1S/C12H22N2O3S/c1-2-10-18(16,17)14-8-6-13(7-9-14)12(15)11-4-3-5-11/h11H,2-10H2,1H3. The minimum atomic E-state index is -3.10. The van der Waals surface area contributed by atoms with E-state index in [2.05, 4.69) is 0 Å². The summed E-state index contributed by atoms with van der Waals surface area (Å²) in [4.78, 5) is 13.9. The van der Waals surface area contributed by atoms with Crippen LogP contribution in [-0.4, -0.2) is 55.5 Å². The maximum absolute atomic E-state index is 12.0. The minimum Gasteiger partial charge on any atom is -0.340 e. The van der Waals surface area contributed by atoms with Crippen LogP contribution in [0.15, 0.2) is 0 Å². The van der Waals surface area contributed by atoms with Gasteiger partial charge in [0.1, 0.15) is 0 Å². The predicted molar refractivity (Wildman–Crippen MR) is 69.6 cm³/mol. The summed E-state index contributed by atoms with van der Waals surface area (Å²) in [5, 5.41) is 0. The molecule has 5 nitrogen and oxygen atoms in total. The first-order chi connectivity index (χ1) is 8.54. The Morgan fingerprint density at radius 2 is 1.78 bits per heavy atom. The van der Waals surface area contributed by atoms with E-state index in [0.717, 1.165) is 19.3 Å². The fourth-order valence-electron chi connectivity index (χ4n) is 2.49. The molecule has 2 rings (SSSR count). The van der Waals surface area contributed by atoms with Crippen molar-refractivity contribution in [1.82, 2.24) is 9.21 Å². The third-order valence-electron chi connectivity index (χ3n) is 3.86. The summed E-state index contributed by atoms with van der Waals surface area (Å²) in [5.74, 6) is 0.654. The van der Waals surface area contributed by atoms with Gasteiger partial charge in [-0.1, -0.05) is 13.3 Å². The van der Waals surface area contributed by atoms with Crippen LogP contribution in [0.4, 0.5) is 0 Å². The van der Waals surface area contributed by atoms with Crippen molar-refractivity contribution in [3.05, 3.63) is 0 Å². The molecule has 0 radical (unpaired) electrons. The van der Waals surface area contributed by atoms with E-state index >= 15 is 0 Å². The number of carbonyl (C=O) groups excluding carboxylic acids is 1. The molecule has 0 atom stereocenters. The average Bonchev–Trinajstić information content (AvgIpc) is 2.27. The van der Waals surface area contributed by atoms with Crippen LogP contribution in [-0.2, 0) is 14.8 Å². The molecule has 1 saturated carbocycles. The molecular formula is C12H22N2O3S.